The van der Waals surface area contributed by atoms with Crippen LogP contribution in [-0.2, 0) is 14.3 Å². The van der Waals surface area contributed by atoms with E-state index in [-0.39, 0.29) is 24.4 Å². The smallest absolute Gasteiger partial charge is 0.310 e. The molecule has 1 aliphatic heterocycles. The lowest BCUT2D eigenvalue weighted by Gasteiger charge is -2.29. The van der Waals surface area contributed by atoms with Crippen molar-refractivity contribution in [2.45, 2.75) is 13.8 Å². The molecule has 1 N–H and O–H groups in total. The second kappa shape index (κ2) is 6.47. The summed E-state index contributed by atoms with van der Waals surface area (Å²) in [5, 5.41) is 3.17. The fourth-order valence-corrected chi connectivity index (χ4v) is 2.21. The van der Waals surface area contributed by atoms with Crippen molar-refractivity contribution in [2.24, 2.45) is 5.92 Å². The highest BCUT2D eigenvalue weighted by Gasteiger charge is 2.24. The van der Waals surface area contributed by atoms with Crippen LogP contribution in [0.15, 0.2) is 18.2 Å². The van der Waals surface area contributed by atoms with Gasteiger partial charge in [0.1, 0.15) is 5.75 Å². The van der Waals surface area contributed by atoms with Crippen LogP contribution in [0.4, 0.5) is 11.4 Å². The van der Waals surface area contributed by atoms with Gasteiger partial charge < -0.3 is 19.7 Å². The first-order valence-corrected chi connectivity index (χ1v) is 6.95. The van der Waals surface area contributed by atoms with E-state index >= 15 is 0 Å². The van der Waals surface area contributed by atoms with Gasteiger partial charge in [-0.2, -0.15) is 0 Å². The molecule has 0 aromatic heterocycles. The molecule has 0 aliphatic carbocycles. The zero-order valence-corrected chi connectivity index (χ0v) is 12.5. The van der Waals surface area contributed by atoms with Crippen molar-refractivity contribution in [3.63, 3.8) is 0 Å². The first kappa shape index (κ1) is 15.2. The number of likely N-dealkylation sites (N-methyl/N-ethyl adjacent to an activating group) is 1. The summed E-state index contributed by atoms with van der Waals surface area (Å²) in [6, 6.07) is 5.56. The SMILES string of the molecule is CCN1C(=O)COc2ccc(NCC(C)C(=O)OC)cc21. The van der Waals surface area contributed by atoms with Crippen LogP contribution in [0.25, 0.3) is 0 Å². The minimum atomic E-state index is -0.255. The Bertz CT molecular complexity index is 544. The van der Waals surface area contributed by atoms with Gasteiger partial charge in [-0.05, 0) is 25.1 Å². The molecule has 21 heavy (non-hydrogen) atoms. The minimum Gasteiger partial charge on any atom is -0.482 e. The Kier molecular flexibility index (Phi) is 4.67. The fraction of sp³-hybridized carbons (Fsp3) is 0.467. The summed E-state index contributed by atoms with van der Waals surface area (Å²) < 4.78 is 10.1. The Morgan fingerprint density at radius 3 is 2.95 bits per heavy atom. The molecule has 0 fully saturated rings. The Balaban J connectivity index is 2.11. The number of hydrogen-bond acceptors (Lipinski definition) is 5. The van der Waals surface area contributed by atoms with Gasteiger partial charge in [0, 0.05) is 18.8 Å². The predicted molar refractivity (Wildman–Crippen MR) is 79.6 cm³/mol. The molecule has 6 heteroatoms. The second-order valence-electron chi connectivity index (χ2n) is 4.91. The average molecular weight is 292 g/mol. The standard InChI is InChI=1S/C15H20N2O4/c1-4-17-12-7-11(16-8-10(2)15(19)20-3)5-6-13(12)21-9-14(17)18/h5-7,10,16H,4,8-9H2,1-3H3. The third-order valence-corrected chi connectivity index (χ3v) is 3.43. The van der Waals surface area contributed by atoms with Crippen molar-refractivity contribution in [1.82, 2.24) is 0 Å². The molecule has 1 unspecified atom stereocenters. The number of carbonyl (C=O) groups excluding carboxylic acids is 2. The highest BCUT2D eigenvalue weighted by Crippen LogP contribution is 2.34. The first-order valence-electron chi connectivity index (χ1n) is 6.95. The summed E-state index contributed by atoms with van der Waals surface area (Å²) in [6.07, 6.45) is 0. The van der Waals surface area contributed by atoms with Crippen LogP contribution in [0, 0.1) is 5.92 Å². The van der Waals surface area contributed by atoms with Crippen LogP contribution in [0.3, 0.4) is 0 Å². The molecule has 0 spiro atoms. The largest absolute Gasteiger partial charge is 0.482 e. The Labute approximate surface area is 124 Å². The van der Waals surface area contributed by atoms with Crippen LogP contribution in [0.1, 0.15) is 13.8 Å². The van der Waals surface area contributed by atoms with E-state index in [2.05, 4.69) is 10.1 Å². The van der Waals surface area contributed by atoms with E-state index in [1.165, 1.54) is 7.11 Å². The van der Waals surface area contributed by atoms with E-state index < -0.39 is 0 Å². The van der Waals surface area contributed by atoms with Gasteiger partial charge in [0.15, 0.2) is 6.61 Å². The molecule has 2 rings (SSSR count). The van der Waals surface area contributed by atoms with Crippen molar-refractivity contribution >= 4 is 23.3 Å². The molecule has 0 saturated heterocycles. The lowest BCUT2D eigenvalue weighted by atomic mass is 10.1. The molecule has 1 amide bonds. The Morgan fingerprint density at radius 2 is 2.29 bits per heavy atom. The number of ether oxygens (including phenoxy) is 2. The molecule has 0 bridgehead atoms. The average Bonchev–Trinajstić information content (AvgIpc) is 2.51. The number of rotatable bonds is 5. The summed E-state index contributed by atoms with van der Waals surface area (Å²) in [5.74, 6) is 0.147. The van der Waals surface area contributed by atoms with Gasteiger partial charge in [0.05, 0.1) is 18.7 Å². The lowest BCUT2D eigenvalue weighted by Crippen LogP contribution is -2.38. The van der Waals surface area contributed by atoms with E-state index in [0.29, 0.717) is 18.8 Å². The Morgan fingerprint density at radius 1 is 1.52 bits per heavy atom. The maximum atomic E-state index is 11.8. The van der Waals surface area contributed by atoms with Crippen molar-refractivity contribution < 1.29 is 19.1 Å². The zero-order chi connectivity index (χ0) is 15.4. The molecule has 114 valence electrons. The maximum absolute atomic E-state index is 11.8. The molecule has 1 aromatic rings. The van der Waals surface area contributed by atoms with Crippen molar-refractivity contribution in [1.29, 1.82) is 0 Å². The number of methoxy groups -OCH3 is 1. The predicted octanol–water partition coefficient (Wildman–Crippen LogP) is 1.65. The highest BCUT2D eigenvalue weighted by atomic mass is 16.5. The first-order chi connectivity index (χ1) is 10.1. The van der Waals surface area contributed by atoms with E-state index in [9.17, 15) is 9.59 Å². The van der Waals surface area contributed by atoms with Crippen LogP contribution >= 0.6 is 0 Å². The van der Waals surface area contributed by atoms with Gasteiger partial charge in [0.25, 0.3) is 5.91 Å². The number of esters is 1. The van der Waals surface area contributed by atoms with Gasteiger partial charge >= 0.3 is 5.97 Å². The topological polar surface area (TPSA) is 67.9 Å². The molecular formula is C15H20N2O4. The number of fused-ring (bicyclic) bond motifs is 1. The summed E-state index contributed by atoms with van der Waals surface area (Å²) in [5.41, 5.74) is 1.59. The fourth-order valence-electron chi connectivity index (χ4n) is 2.21. The van der Waals surface area contributed by atoms with Crippen molar-refractivity contribution in [2.75, 3.05) is 37.0 Å². The van der Waals surface area contributed by atoms with Crippen LogP contribution in [0.5, 0.6) is 5.75 Å². The number of nitrogens with zero attached hydrogens (tertiary/aromatic N) is 1. The lowest BCUT2D eigenvalue weighted by molar-refractivity contribution is -0.144. The number of benzene rings is 1. The van der Waals surface area contributed by atoms with Gasteiger partial charge in [-0.15, -0.1) is 0 Å². The summed E-state index contributed by atoms with van der Waals surface area (Å²) in [4.78, 5) is 24.9. The third-order valence-electron chi connectivity index (χ3n) is 3.43. The normalized spacial score (nSPS) is 15.0. The van der Waals surface area contributed by atoms with E-state index in [1.807, 2.05) is 25.1 Å². The molecule has 1 heterocycles. The molecular weight excluding hydrogens is 272 g/mol. The highest BCUT2D eigenvalue weighted by molar-refractivity contribution is 5.98. The van der Waals surface area contributed by atoms with Crippen LogP contribution in [-0.4, -0.2) is 38.7 Å². The second-order valence-corrected chi connectivity index (χ2v) is 4.91. The number of carbonyl (C=O) groups is 2. The van der Waals surface area contributed by atoms with Gasteiger partial charge in [-0.25, -0.2) is 0 Å². The number of anilines is 2. The van der Waals surface area contributed by atoms with Gasteiger partial charge in [-0.3, -0.25) is 9.59 Å². The molecule has 1 aliphatic rings. The molecule has 1 atom stereocenters. The van der Waals surface area contributed by atoms with Crippen LogP contribution in [0.2, 0.25) is 0 Å². The van der Waals surface area contributed by atoms with Gasteiger partial charge in [0.2, 0.25) is 0 Å². The minimum absolute atomic E-state index is 0.0509. The Hall–Kier alpha value is -2.24. The van der Waals surface area contributed by atoms with E-state index in [0.717, 1.165) is 11.4 Å². The summed E-state index contributed by atoms with van der Waals surface area (Å²) in [6.45, 7) is 4.85. The summed E-state index contributed by atoms with van der Waals surface area (Å²) in [7, 11) is 1.37. The monoisotopic (exact) mass is 292 g/mol. The summed E-state index contributed by atoms with van der Waals surface area (Å²) >= 11 is 0. The molecule has 6 nitrogen and oxygen atoms in total. The molecule has 1 aromatic carbocycles. The van der Waals surface area contributed by atoms with Crippen molar-refractivity contribution in [3.8, 4) is 5.75 Å². The van der Waals surface area contributed by atoms with Crippen molar-refractivity contribution in [3.05, 3.63) is 18.2 Å². The zero-order valence-electron chi connectivity index (χ0n) is 12.5. The number of nitrogens with one attached hydrogen (secondary N) is 1. The number of amides is 1. The molecule has 0 saturated carbocycles. The number of hydrogen-bond donors (Lipinski definition) is 1. The van der Waals surface area contributed by atoms with E-state index in [1.54, 1.807) is 11.8 Å². The van der Waals surface area contributed by atoms with Crippen LogP contribution < -0.4 is 15.0 Å². The third kappa shape index (κ3) is 3.26. The maximum Gasteiger partial charge on any atom is 0.310 e. The van der Waals surface area contributed by atoms with E-state index in [4.69, 9.17) is 4.74 Å². The quantitative estimate of drug-likeness (QED) is 0.836. The molecule has 0 radical (unpaired) electrons. The van der Waals surface area contributed by atoms with Gasteiger partial charge in [-0.1, -0.05) is 6.92 Å².